The summed E-state index contributed by atoms with van der Waals surface area (Å²) in [5, 5.41) is 3.09. The minimum absolute atomic E-state index is 0.132. The number of aryl methyl sites for hydroxylation is 2. The van der Waals surface area contributed by atoms with Gasteiger partial charge in [0.15, 0.2) is 5.43 Å². The summed E-state index contributed by atoms with van der Waals surface area (Å²) in [6.07, 6.45) is 3.79. The second kappa shape index (κ2) is 9.55. The van der Waals surface area contributed by atoms with Crippen LogP contribution in [0.15, 0.2) is 21.4 Å². The van der Waals surface area contributed by atoms with Crippen LogP contribution in [0, 0.1) is 6.92 Å². The predicted octanol–water partition coefficient (Wildman–Crippen LogP) is 5.35. The topological polar surface area (TPSA) is 51.1 Å². The fourth-order valence-electron chi connectivity index (χ4n) is 3.82. The lowest BCUT2D eigenvalue weighted by Crippen LogP contribution is -2.31. The Kier molecular flexibility index (Phi) is 7.64. The number of pyridine rings is 1. The number of aromatic nitrogens is 1. The van der Waals surface area contributed by atoms with Gasteiger partial charge >= 0.3 is 0 Å². The highest BCUT2D eigenvalue weighted by Crippen LogP contribution is 2.28. The molecule has 152 valence electrons. The van der Waals surface area contributed by atoms with E-state index < -0.39 is 0 Å². The van der Waals surface area contributed by atoms with E-state index in [1.807, 2.05) is 37.6 Å². The van der Waals surface area contributed by atoms with Gasteiger partial charge in [-0.2, -0.15) is 0 Å². The van der Waals surface area contributed by atoms with Crippen molar-refractivity contribution >= 4 is 27.5 Å². The lowest BCUT2D eigenvalue weighted by atomic mass is 9.99. The van der Waals surface area contributed by atoms with Gasteiger partial charge in [0, 0.05) is 34.2 Å². The molecule has 1 heterocycles. The summed E-state index contributed by atoms with van der Waals surface area (Å²) >= 11 is 3.55. The molecular weight excluding hydrogens is 416 g/mol. The van der Waals surface area contributed by atoms with Crippen LogP contribution in [0.1, 0.15) is 72.6 Å². The van der Waals surface area contributed by atoms with E-state index in [0.717, 1.165) is 57.5 Å². The average molecular weight is 447 g/mol. The van der Waals surface area contributed by atoms with E-state index in [2.05, 4.69) is 42.0 Å². The van der Waals surface area contributed by atoms with Gasteiger partial charge < -0.3 is 9.88 Å². The molecular formula is C23H31BrN2O2. The normalized spacial score (nSPS) is 11.0. The summed E-state index contributed by atoms with van der Waals surface area (Å²) in [5.41, 5.74) is 5.60. The lowest BCUT2D eigenvalue weighted by Gasteiger charge is -2.20. The van der Waals surface area contributed by atoms with Gasteiger partial charge in [-0.05, 0) is 55.9 Å². The minimum atomic E-state index is -0.300. The van der Waals surface area contributed by atoms with Crippen LogP contribution < -0.4 is 10.7 Å². The number of nitrogens with one attached hydrogen (secondary N) is 1. The van der Waals surface area contributed by atoms with Crippen LogP contribution >= 0.6 is 15.9 Å². The van der Waals surface area contributed by atoms with Gasteiger partial charge in [-0.25, -0.2) is 0 Å². The fraction of sp³-hybridized carbons (Fsp3) is 0.478. The van der Waals surface area contributed by atoms with Crippen molar-refractivity contribution in [3.8, 4) is 0 Å². The maximum atomic E-state index is 13.3. The molecule has 0 saturated heterocycles. The fourth-order valence-corrected chi connectivity index (χ4v) is 4.37. The zero-order valence-corrected chi connectivity index (χ0v) is 19.4. The molecule has 0 aliphatic heterocycles. The number of halogens is 1. The average Bonchev–Trinajstić information content (AvgIpc) is 2.67. The van der Waals surface area contributed by atoms with E-state index in [4.69, 9.17) is 0 Å². The van der Waals surface area contributed by atoms with Gasteiger partial charge in [-0.15, -0.1) is 0 Å². The van der Waals surface area contributed by atoms with Crippen LogP contribution in [0.25, 0.3) is 0 Å². The first-order valence-corrected chi connectivity index (χ1v) is 10.9. The van der Waals surface area contributed by atoms with Crippen molar-refractivity contribution < 1.29 is 4.79 Å². The van der Waals surface area contributed by atoms with Crippen LogP contribution in [-0.4, -0.2) is 10.5 Å². The molecule has 0 fully saturated rings. The molecule has 2 rings (SSSR count). The Morgan fingerprint density at radius 2 is 1.64 bits per heavy atom. The third-order valence-corrected chi connectivity index (χ3v) is 5.93. The second-order valence-electron chi connectivity index (χ2n) is 7.14. The third kappa shape index (κ3) is 4.24. The zero-order valence-electron chi connectivity index (χ0n) is 17.8. The summed E-state index contributed by atoms with van der Waals surface area (Å²) in [6.45, 7) is 10.1. The molecule has 0 unspecified atom stereocenters. The molecule has 28 heavy (non-hydrogen) atoms. The van der Waals surface area contributed by atoms with Gasteiger partial charge in [0.1, 0.15) is 5.56 Å². The molecule has 1 aromatic carbocycles. The van der Waals surface area contributed by atoms with Gasteiger partial charge in [0.2, 0.25) is 0 Å². The standard InChI is InChI=1S/C23H31BrN2O2/c1-7-11-19-20(22(27)18(10-4)14(5)26(19)6)23(28)25-21-15(8-2)12-17(24)13-16(21)9-3/h12-13H,7-11H2,1-6H3,(H,25,28). The van der Waals surface area contributed by atoms with Crippen molar-refractivity contribution in [2.24, 2.45) is 7.05 Å². The molecule has 0 spiro atoms. The summed E-state index contributed by atoms with van der Waals surface area (Å²) in [5.74, 6) is -0.300. The van der Waals surface area contributed by atoms with E-state index in [-0.39, 0.29) is 11.3 Å². The van der Waals surface area contributed by atoms with E-state index in [0.29, 0.717) is 18.4 Å². The van der Waals surface area contributed by atoms with E-state index >= 15 is 0 Å². The summed E-state index contributed by atoms with van der Waals surface area (Å²) in [7, 11) is 1.95. The molecule has 0 atom stereocenters. The van der Waals surface area contributed by atoms with Gasteiger partial charge in [0.25, 0.3) is 5.91 Å². The second-order valence-corrected chi connectivity index (χ2v) is 8.05. The largest absolute Gasteiger partial charge is 0.351 e. The number of nitrogens with zero attached hydrogens (tertiary/aromatic N) is 1. The zero-order chi connectivity index (χ0) is 21.0. The number of carbonyl (C=O) groups is 1. The number of benzene rings is 1. The number of carbonyl (C=O) groups excluding carboxylic acids is 1. The van der Waals surface area contributed by atoms with Crippen molar-refractivity contribution in [1.82, 2.24) is 4.57 Å². The molecule has 0 radical (unpaired) electrons. The minimum Gasteiger partial charge on any atom is -0.351 e. The molecule has 0 aliphatic carbocycles. The number of anilines is 1. The quantitative estimate of drug-likeness (QED) is 0.622. The first-order chi connectivity index (χ1) is 13.3. The molecule has 1 N–H and O–H groups in total. The molecule has 4 nitrogen and oxygen atoms in total. The maximum Gasteiger partial charge on any atom is 0.261 e. The van der Waals surface area contributed by atoms with Crippen molar-refractivity contribution in [2.75, 3.05) is 5.32 Å². The van der Waals surface area contributed by atoms with E-state index in [9.17, 15) is 9.59 Å². The number of rotatable bonds is 7. The molecule has 0 bridgehead atoms. The lowest BCUT2D eigenvalue weighted by molar-refractivity contribution is 0.102. The van der Waals surface area contributed by atoms with Gasteiger partial charge in [0.05, 0.1) is 0 Å². The SMILES string of the molecule is CCCc1c(C(=O)Nc2c(CC)cc(Br)cc2CC)c(=O)c(CC)c(C)n1C. The van der Waals surface area contributed by atoms with Crippen molar-refractivity contribution in [2.45, 2.75) is 66.7 Å². The molecule has 5 heteroatoms. The Labute approximate surface area is 176 Å². The van der Waals surface area contributed by atoms with Crippen LogP contribution in [0.3, 0.4) is 0 Å². The molecule has 2 aromatic rings. The maximum absolute atomic E-state index is 13.3. The van der Waals surface area contributed by atoms with Crippen molar-refractivity contribution in [3.05, 3.63) is 60.5 Å². The summed E-state index contributed by atoms with van der Waals surface area (Å²) in [4.78, 5) is 26.5. The van der Waals surface area contributed by atoms with Crippen LogP contribution in [0.5, 0.6) is 0 Å². The number of hydrogen-bond acceptors (Lipinski definition) is 2. The van der Waals surface area contributed by atoms with Crippen molar-refractivity contribution in [3.63, 3.8) is 0 Å². The first-order valence-electron chi connectivity index (χ1n) is 10.1. The Hall–Kier alpha value is -1.88. The van der Waals surface area contributed by atoms with Gasteiger partial charge in [-0.3, -0.25) is 9.59 Å². The molecule has 1 aromatic heterocycles. The summed E-state index contributed by atoms with van der Waals surface area (Å²) in [6, 6.07) is 4.07. The highest BCUT2D eigenvalue weighted by molar-refractivity contribution is 9.10. The highest BCUT2D eigenvalue weighted by Gasteiger charge is 2.23. The number of hydrogen-bond donors (Lipinski definition) is 1. The summed E-state index contributed by atoms with van der Waals surface area (Å²) < 4.78 is 3.02. The highest BCUT2D eigenvalue weighted by atomic mass is 79.9. The predicted molar refractivity (Wildman–Crippen MR) is 121 cm³/mol. The molecule has 0 aliphatic rings. The molecule has 1 amide bonds. The third-order valence-electron chi connectivity index (χ3n) is 5.47. The van der Waals surface area contributed by atoms with Crippen LogP contribution in [-0.2, 0) is 32.7 Å². The van der Waals surface area contributed by atoms with Gasteiger partial charge in [-0.1, -0.05) is 50.0 Å². The van der Waals surface area contributed by atoms with Crippen molar-refractivity contribution in [1.29, 1.82) is 0 Å². The Bertz CT molecular complexity index is 920. The van der Waals surface area contributed by atoms with E-state index in [1.165, 1.54) is 0 Å². The Morgan fingerprint density at radius 3 is 2.11 bits per heavy atom. The monoisotopic (exact) mass is 446 g/mol. The molecule has 0 saturated carbocycles. The smallest absolute Gasteiger partial charge is 0.261 e. The Balaban J connectivity index is 2.66. The van der Waals surface area contributed by atoms with Crippen LogP contribution in [0.2, 0.25) is 0 Å². The Morgan fingerprint density at radius 1 is 1.07 bits per heavy atom. The van der Waals surface area contributed by atoms with E-state index in [1.54, 1.807) is 0 Å². The van der Waals surface area contributed by atoms with Crippen LogP contribution in [0.4, 0.5) is 5.69 Å². The first kappa shape index (κ1) is 22.4. The number of amides is 1.